The molecule has 0 N–H and O–H groups in total. The molecule has 0 saturated carbocycles. The molecule has 1 saturated heterocycles. The molecule has 0 unspecified atom stereocenters. The summed E-state index contributed by atoms with van der Waals surface area (Å²) in [5.41, 5.74) is 1.38. The number of nitrogens with zero attached hydrogens (tertiary/aromatic N) is 3. The van der Waals surface area contributed by atoms with Crippen molar-refractivity contribution < 1.29 is 9.47 Å². The lowest BCUT2D eigenvalue weighted by Gasteiger charge is -2.28. The van der Waals surface area contributed by atoms with Gasteiger partial charge in [-0.1, -0.05) is 30.3 Å². The van der Waals surface area contributed by atoms with E-state index >= 15 is 0 Å². The second-order valence-electron chi connectivity index (χ2n) is 5.00. The van der Waals surface area contributed by atoms with Gasteiger partial charge < -0.3 is 14.4 Å². The first kappa shape index (κ1) is 14.4. The molecule has 1 aliphatic heterocycles. The van der Waals surface area contributed by atoms with Gasteiger partial charge in [0.2, 0.25) is 0 Å². The van der Waals surface area contributed by atoms with Crippen molar-refractivity contribution in [2.24, 2.45) is 0 Å². The maximum atomic E-state index is 9.30. The van der Waals surface area contributed by atoms with Crippen molar-refractivity contribution in [2.45, 2.75) is 6.61 Å². The van der Waals surface area contributed by atoms with E-state index in [1.54, 1.807) is 0 Å². The average Bonchev–Trinajstić information content (AvgIpc) is 2.61. The van der Waals surface area contributed by atoms with Crippen molar-refractivity contribution in [1.82, 2.24) is 4.98 Å². The maximum absolute atomic E-state index is 9.30. The molecular weight excluding hydrogens is 278 g/mol. The Hall–Kier alpha value is -2.58. The van der Waals surface area contributed by atoms with Crippen molar-refractivity contribution in [3.05, 3.63) is 53.7 Å². The molecule has 0 bridgehead atoms. The van der Waals surface area contributed by atoms with Crippen LogP contribution in [0.2, 0.25) is 0 Å². The SMILES string of the molecule is N#Cc1nc(N2CCOCC2)ccc1OCc1ccccc1. The molecular formula is C17H17N3O2. The molecule has 1 aliphatic rings. The standard InChI is InChI=1S/C17H17N3O2/c18-12-15-16(22-13-14-4-2-1-3-5-14)6-7-17(19-15)20-8-10-21-11-9-20/h1-7H,8-11,13H2. The van der Waals surface area contributed by atoms with Crippen LogP contribution in [-0.2, 0) is 11.3 Å². The number of nitriles is 1. The van der Waals surface area contributed by atoms with Crippen LogP contribution >= 0.6 is 0 Å². The zero-order valence-corrected chi connectivity index (χ0v) is 12.2. The summed E-state index contributed by atoms with van der Waals surface area (Å²) in [7, 11) is 0. The smallest absolute Gasteiger partial charge is 0.184 e. The minimum absolute atomic E-state index is 0.319. The Bertz CT molecular complexity index is 661. The summed E-state index contributed by atoms with van der Waals surface area (Å²) in [5, 5.41) is 9.30. The van der Waals surface area contributed by atoms with Gasteiger partial charge in [0.05, 0.1) is 13.2 Å². The van der Waals surface area contributed by atoms with Gasteiger partial charge in [-0.2, -0.15) is 5.26 Å². The predicted molar refractivity (Wildman–Crippen MR) is 82.8 cm³/mol. The molecule has 0 atom stereocenters. The quantitative estimate of drug-likeness (QED) is 0.866. The van der Waals surface area contributed by atoms with Crippen LogP contribution < -0.4 is 9.64 Å². The van der Waals surface area contributed by atoms with Crippen molar-refractivity contribution >= 4 is 5.82 Å². The van der Waals surface area contributed by atoms with Crippen LogP contribution in [0.5, 0.6) is 5.75 Å². The molecule has 2 aromatic rings. The lowest BCUT2D eigenvalue weighted by atomic mass is 10.2. The van der Waals surface area contributed by atoms with E-state index in [1.807, 2.05) is 42.5 Å². The molecule has 2 heterocycles. The number of rotatable bonds is 4. The van der Waals surface area contributed by atoms with Gasteiger partial charge in [0.25, 0.3) is 0 Å². The minimum atomic E-state index is 0.319. The molecule has 1 fully saturated rings. The van der Waals surface area contributed by atoms with Gasteiger partial charge in [-0.25, -0.2) is 4.98 Å². The van der Waals surface area contributed by atoms with E-state index in [2.05, 4.69) is 16.0 Å². The Kier molecular flexibility index (Phi) is 4.52. The van der Waals surface area contributed by atoms with E-state index in [9.17, 15) is 5.26 Å². The van der Waals surface area contributed by atoms with Crippen LogP contribution in [0.25, 0.3) is 0 Å². The third kappa shape index (κ3) is 3.35. The zero-order chi connectivity index (χ0) is 15.2. The Morgan fingerprint density at radius 2 is 1.91 bits per heavy atom. The normalized spacial score (nSPS) is 14.4. The predicted octanol–water partition coefficient (Wildman–Crippen LogP) is 2.37. The van der Waals surface area contributed by atoms with Gasteiger partial charge in [0.1, 0.15) is 18.5 Å². The van der Waals surface area contributed by atoms with Gasteiger partial charge in [0.15, 0.2) is 11.4 Å². The fraction of sp³-hybridized carbons (Fsp3) is 0.294. The Labute approximate surface area is 129 Å². The molecule has 112 valence electrons. The highest BCUT2D eigenvalue weighted by Crippen LogP contribution is 2.22. The highest BCUT2D eigenvalue weighted by Gasteiger charge is 2.15. The third-order valence-electron chi connectivity index (χ3n) is 3.52. The number of aromatic nitrogens is 1. The maximum Gasteiger partial charge on any atom is 0.184 e. The summed E-state index contributed by atoms with van der Waals surface area (Å²) in [6, 6.07) is 15.7. The second kappa shape index (κ2) is 6.92. The number of hydrogen-bond donors (Lipinski definition) is 0. The van der Waals surface area contributed by atoms with E-state index in [4.69, 9.17) is 9.47 Å². The number of morpholine rings is 1. The van der Waals surface area contributed by atoms with E-state index in [0.717, 1.165) is 24.5 Å². The summed E-state index contributed by atoms with van der Waals surface area (Å²) in [4.78, 5) is 6.53. The van der Waals surface area contributed by atoms with Gasteiger partial charge >= 0.3 is 0 Å². The molecule has 0 aliphatic carbocycles. The lowest BCUT2D eigenvalue weighted by Crippen LogP contribution is -2.36. The van der Waals surface area contributed by atoms with Crippen LogP contribution in [0, 0.1) is 11.3 Å². The molecule has 0 radical (unpaired) electrons. The summed E-state index contributed by atoms with van der Waals surface area (Å²) >= 11 is 0. The fourth-order valence-corrected chi connectivity index (χ4v) is 2.34. The Morgan fingerprint density at radius 1 is 1.14 bits per heavy atom. The van der Waals surface area contributed by atoms with Crippen LogP contribution in [-0.4, -0.2) is 31.3 Å². The number of anilines is 1. The highest BCUT2D eigenvalue weighted by molar-refractivity contribution is 5.48. The van der Waals surface area contributed by atoms with Gasteiger partial charge in [-0.15, -0.1) is 0 Å². The molecule has 1 aromatic heterocycles. The van der Waals surface area contributed by atoms with Crippen LogP contribution in [0.15, 0.2) is 42.5 Å². The molecule has 0 amide bonds. The number of ether oxygens (including phenoxy) is 2. The lowest BCUT2D eigenvalue weighted by molar-refractivity contribution is 0.122. The first-order valence-corrected chi connectivity index (χ1v) is 7.27. The Morgan fingerprint density at radius 3 is 2.64 bits per heavy atom. The summed E-state index contributed by atoms with van der Waals surface area (Å²) in [6.45, 7) is 3.39. The van der Waals surface area contributed by atoms with E-state index in [0.29, 0.717) is 31.3 Å². The van der Waals surface area contributed by atoms with Gasteiger partial charge in [-0.3, -0.25) is 0 Å². The molecule has 22 heavy (non-hydrogen) atoms. The topological polar surface area (TPSA) is 58.4 Å². The highest BCUT2D eigenvalue weighted by atomic mass is 16.5. The summed E-state index contributed by atoms with van der Waals surface area (Å²) in [5.74, 6) is 1.32. The molecule has 5 heteroatoms. The van der Waals surface area contributed by atoms with E-state index in [-0.39, 0.29) is 0 Å². The summed E-state index contributed by atoms with van der Waals surface area (Å²) < 4.78 is 11.1. The van der Waals surface area contributed by atoms with Crippen LogP contribution in [0.3, 0.4) is 0 Å². The van der Waals surface area contributed by atoms with Crippen molar-refractivity contribution in [1.29, 1.82) is 5.26 Å². The Balaban J connectivity index is 1.73. The van der Waals surface area contributed by atoms with Gasteiger partial charge in [0, 0.05) is 13.1 Å². The van der Waals surface area contributed by atoms with Crippen LogP contribution in [0.1, 0.15) is 11.3 Å². The van der Waals surface area contributed by atoms with Gasteiger partial charge in [-0.05, 0) is 17.7 Å². The fourth-order valence-electron chi connectivity index (χ4n) is 2.34. The number of pyridine rings is 1. The van der Waals surface area contributed by atoms with E-state index < -0.39 is 0 Å². The third-order valence-corrected chi connectivity index (χ3v) is 3.52. The van der Waals surface area contributed by atoms with Crippen LogP contribution in [0.4, 0.5) is 5.82 Å². The molecule has 3 rings (SSSR count). The van der Waals surface area contributed by atoms with Crippen molar-refractivity contribution in [3.8, 4) is 11.8 Å². The zero-order valence-electron chi connectivity index (χ0n) is 12.2. The first-order valence-electron chi connectivity index (χ1n) is 7.27. The number of benzene rings is 1. The van der Waals surface area contributed by atoms with Crippen molar-refractivity contribution in [3.63, 3.8) is 0 Å². The minimum Gasteiger partial charge on any atom is -0.486 e. The monoisotopic (exact) mass is 295 g/mol. The molecule has 0 spiro atoms. The molecule has 1 aromatic carbocycles. The van der Waals surface area contributed by atoms with Crippen molar-refractivity contribution in [2.75, 3.05) is 31.2 Å². The molecule has 5 nitrogen and oxygen atoms in total. The first-order chi connectivity index (χ1) is 10.9. The average molecular weight is 295 g/mol. The largest absolute Gasteiger partial charge is 0.486 e. The number of hydrogen-bond acceptors (Lipinski definition) is 5. The summed E-state index contributed by atoms with van der Waals surface area (Å²) in [6.07, 6.45) is 0. The van der Waals surface area contributed by atoms with E-state index in [1.165, 1.54) is 0 Å². The second-order valence-corrected chi connectivity index (χ2v) is 5.00.